The summed E-state index contributed by atoms with van der Waals surface area (Å²) in [6.45, 7) is 3.88. The summed E-state index contributed by atoms with van der Waals surface area (Å²) in [7, 11) is 0. The molecule has 0 aliphatic carbocycles. The van der Waals surface area contributed by atoms with Crippen molar-refractivity contribution in [3.8, 4) is 5.75 Å². The molecule has 0 unspecified atom stereocenters. The summed E-state index contributed by atoms with van der Waals surface area (Å²) in [5.74, 6) is -0.324. The molecule has 0 fully saturated rings. The van der Waals surface area contributed by atoms with Crippen LogP contribution in [0.2, 0.25) is 0 Å². The molecule has 0 saturated carbocycles. The van der Waals surface area contributed by atoms with Gasteiger partial charge in [-0.3, -0.25) is 0 Å². The fourth-order valence-electron chi connectivity index (χ4n) is 1.06. The normalized spacial score (nSPS) is 9.77. The van der Waals surface area contributed by atoms with E-state index in [0.717, 1.165) is 5.57 Å². The minimum absolute atomic E-state index is 0.0255. The Morgan fingerprint density at radius 3 is 2.69 bits per heavy atom. The maximum Gasteiger partial charge on any atom is 0.130 e. The average Bonchev–Trinajstić information content (AvgIpc) is 2.03. The SMILES string of the molecule is CC(C)=CCc1c(O)cccc1F. The van der Waals surface area contributed by atoms with E-state index in [9.17, 15) is 9.50 Å². The Labute approximate surface area is 77.5 Å². The van der Waals surface area contributed by atoms with Gasteiger partial charge in [0.2, 0.25) is 0 Å². The van der Waals surface area contributed by atoms with E-state index in [2.05, 4.69) is 0 Å². The lowest BCUT2D eigenvalue weighted by atomic mass is 10.1. The van der Waals surface area contributed by atoms with Crippen molar-refractivity contribution < 1.29 is 9.50 Å². The Kier molecular flexibility index (Phi) is 3.07. The first-order valence-electron chi connectivity index (χ1n) is 4.21. The van der Waals surface area contributed by atoms with E-state index in [1.807, 2.05) is 19.9 Å². The lowest BCUT2D eigenvalue weighted by molar-refractivity contribution is 0.461. The molecule has 2 heteroatoms. The molecule has 0 aromatic heterocycles. The monoisotopic (exact) mass is 180 g/mol. The zero-order valence-electron chi connectivity index (χ0n) is 7.84. The maximum atomic E-state index is 13.1. The van der Waals surface area contributed by atoms with Crippen molar-refractivity contribution in [1.29, 1.82) is 0 Å². The van der Waals surface area contributed by atoms with Crippen LogP contribution in [0.4, 0.5) is 4.39 Å². The second-order valence-corrected chi connectivity index (χ2v) is 3.22. The minimum Gasteiger partial charge on any atom is -0.508 e. The van der Waals surface area contributed by atoms with Crippen molar-refractivity contribution in [2.24, 2.45) is 0 Å². The van der Waals surface area contributed by atoms with Gasteiger partial charge >= 0.3 is 0 Å². The summed E-state index contributed by atoms with van der Waals surface area (Å²) in [6, 6.07) is 4.35. The van der Waals surface area contributed by atoms with Crippen LogP contribution in [0, 0.1) is 5.82 Å². The number of phenols is 1. The highest BCUT2D eigenvalue weighted by atomic mass is 19.1. The molecule has 13 heavy (non-hydrogen) atoms. The van der Waals surface area contributed by atoms with Crippen LogP contribution >= 0.6 is 0 Å². The Morgan fingerprint density at radius 1 is 1.46 bits per heavy atom. The zero-order chi connectivity index (χ0) is 9.84. The van der Waals surface area contributed by atoms with Gasteiger partial charge in [0.1, 0.15) is 11.6 Å². The molecule has 1 N–H and O–H groups in total. The van der Waals surface area contributed by atoms with Crippen LogP contribution in [0.15, 0.2) is 29.8 Å². The number of aromatic hydroxyl groups is 1. The average molecular weight is 180 g/mol. The van der Waals surface area contributed by atoms with Gasteiger partial charge in [0.25, 0.3) is 0 Å². The number of hydrogen-bond acceptors (Lipinski definition) is 1. The molecule has 1 nitrogen and oxygen atoms in total. The van der Waals surface area contributed by atoms with Crippen molar-refractivity contribution in [2.45, 2.75) is 20.3 Å². The van der Waals surface area contributed by atoms with Gasteiger partial charge in [-0.15, -0.1) is 0 Å². The van der Waals surface area contributed by atoms with Crippen LogP contribution in [-0.2, 0) is 6.42 Å². The van der Waals surface area contributed by atoms with E-state index in [-0.39, 0.29) is 11.6 Å². The number of rotatable bonds is 2. The van der Waals surface area contributed by atoms with Crippen molar-refractivity contribution >= 4 is 0 Å². The molecule has 0 aliphatic heterocycles. The van der Waals surface area contributed by atoms with Crippen LogP contribution in [-0.4, -0.2) is 5.11 Å². The van der Waals surface area contributed by atoms with Gasteiger partial charge in [-0.25, -0.2) is 4.39 Å². The predicted molar refractivity (Wildman–Crippen MR) is 51.2 cm³/mol. The van der Waals surface area contributed by atoms with Gasteiger partial charge < -0.3 is 5.11 Å². The minimum atomic E-state index is -0.350. The van der Waals surface area contributed by atoms with Crippen molar-refractivity contribution in [1.82, 2.24) is 0 Å². The molecule has 1 aromatic carbocycles. The second kappa shape index (κ2) is 4.08. The third-order valence-electron chi connectivity index (χ3n) is 1.81. The lowest BCUT2D eigenvalue weighted by Gasteiger charge is -2.02. The van der Waals surface area contributed by atoms with E-state index in [1.165, 1.54) is 18.2 Å². The molecule has 70 valence electrons. The summed E-state index contributed by atoms with van der Waals surface area (Å²) in [5, 5.41) is 9.33. The molecular formula is C11H13FO. The second-order valence-electron chi connectivity index (χ2n) is 3.22. The summed E-state index contributed by atoms with van der Waals surface area (Å²) >= 11 is 0. The fourth-order valence-corrected chi connectivity index (χ4v) is 1.06. The highest BCUT2D eigenvalue weighted by Crippen LogP contribution is 2.20. The van der Waals surface area contributed by atoms with Gasteiger partial charge in [0.15, 0.2) is 0 Å². The first-order chi connectivity index (χ1) is 6.11. The molecule has 0 saturated heterocycles. The van der Waals surface area contributed by atoms with Crippen molar-refractivity contribution in [3.63, 3.8) is 0 Å². The van der Waals surface area contributed by atoms with Crippen LogP contribution in [0.5, 0.6) is 5.75 Å². The molecule has 1 rings (SSSR count). The zero-order valence-corrected chi connectivity index (χ0v) is 7.84. The van der Waals surface area contributed by atoms with Crippen LogP contribution in [0.3, 0.4) is 0 Å². The molecule has 0 heterocycles. The van der Waals surface area contributed by atoms with Crippen LogP contribution < -0.4 is 0 Å². The molecule has 0 radical (unpaired) electrons. The predicted octanol–water partition coefficient (Wildman–Crippen LogP) is 3.04. The molecule has 0 amide bonds. The maximum absolute atomic E-state index is 13.1. The summed E-state index contributed by atoms with van der Waals surface area (Å²) in [5.41, 5.74) is 1.48. The largest absolute Gasteiger partial charge is 0.508 e. The van der Waals surface area contributed by atoms with E-state index >= 15 is 0 Å². The standard InChI is InChI=1S/C11H13FO/c1-8(2)6-7-9-10(12)4-3-5-11(9)13/h3-6,13H,7H2,1-2H3. The number of phenolic OH excluding ortho intramolecular Hbond substituents is 1. The molecule has 0 bridgehead atoms. The number of benzene rings is 1. The first kappa shape index (κ1) is 9.78. The van der Waals surface area contributed by atoms with Crippen LogP contribution in [0.25, 0.3) is 0 Å². The molecule has 0 atom stereocenters. The fraction of sp³-hybridized carbons (Fsp3) is 0.273. The highest BCUT2D eigenvalue weighted by Gasteiger charge is 2.04. The highest BCUT2D eigenvalue weighted by molar-refractivity contribution is 5.34. The molecular weight excluding hydrogens is 167 g/mol. The summed E-state index contributed by atoms with van der Waals surface area (Å²) < 4.78 is 13.1. The molecule has 0 spiro atoms. The van der Waals surface area contributed by atoms with E-state index in [0.29, 0.717) is 12.0 Å². The number of allylic oxidation sites excluding steroid dienone is 2. The summed E-state index contributed by atoms with van der Waals surface area (Å²) in [6.07, 6.45) is 2.33. The Hall–Kier alpha value is -1.31. The van der Waals surface area contributed by atoms with E-state index < -0.39 is 0 Å². The smallest absolute Gasteiger partial charge is 0.130 e. The molecule has 0 aliphatic rings. The van der Waals surface area contributed by atoms with E-state index in [1.54, 1.807) is 0 Å². The van der Waals surface area contributed by atoms with Gasteiger partial charge in [0.05, 0.1) is 0 Å². The van der Waals surface area contributed by atoms with Crippen molar-refractivity contribution in [3.05, 3.63) is 41.2 Å². The molecule has 1 aromatic rings. The van der Waals surface area contributed by atoms with Crippen molar-refractivity contribution in [2.75, 3.05) is 0 Å². The van der Waals surface area contributed by atoms with E-state index in [4.69, 9.17) is 0 Å². The van der Waals surface area contributed by atoms with Gasteiger partial charge in [-0.2, -0.15) is 0 Å². The first-order valence-corrected chi connectivity index (χ1v) is 4.21. The van der Waals surface area contributed by atoms with Gasteiger partial charge in [-0.1, -0.05) is 17.7 Å². The van der Waals surface area contributed by atoms with Crippen LogP contribution in [0.1, 0.15) is 19.4 Å². The topological polar surface area (TPSA) is 20.2 Å². The quantitative estimate of drug-likeness (QED) is 0.693. The third kappa shape index (κ3) is 2.58. The number of hydrogen-bond donors (Lipinski definition) is 1. The Balaban J connectivity index is 2.94. The van der Waals surface area contributed by atoms with Gasteiger partial charge in [0, 0.05) is 5.56 Å². The third-order valence-corrected chi connectivity index (χ3v) is 1.81. The lowest BCUT2D eigenvalue weighted by Crippen LogP contribution is -1.88. The Bertz CT molecular complexity index is 305. The number of halogens is 1. The Morgan fingerprint density at radius 2 is 2.15 bits per heavy atom. The summed E-state index contributed by atoms with van der Waals surface area (Å²) in [4.78, 5) is 0. The van der Waals surface area contributed by atoms with Gasteiger partial charge in [-0.05, 0) is 32.4 Å².